The molecule has 0 spiro atoms. The van der Waals surface area contributed by atoms with Gasteiger partial charge in [0, 0.05) is 19.5 Å². The van der Waals surface area contributed by atoms with E-state index in [1.165, 1.54) is 25.2 Å². The van der Waals surface area contributed by atoms with Gasteiger partial charge in [0.15, 0.2) is 0 Å². The van der Waals surface area contributed by atoms with Crippen molar-refractivity contribution < 1.29 is 9.59 Å². The minimum absolute atomic E-state index is 0.149. The van der Waals surface area contributed by atoms with Crippen LogP contribution >= 0.6 is 11.3 Å². The van der Waals surface area contributed by atoms with Crippen molar-refractivity contribution in [2.75, 3.05) is 10.6 Å². The zero-order valence-corrected chi connectivity index (χ0v) is 11.1. The monoisotopic (exact) mass is 263 g/mol. The molecule has 2 rings (SSSR count). The predicted molar refractivity (Wildman–Crippen MR) is 73.0 cm³/mol. The van der Waals surface area contributed by atoms with E-state index in [-0.39, 0.29) is 11.8 Å². The third kappa shape index (κ3) is 2.65. The van der Waals surface area contributed by atoms with Gasteiger partial charge in [-0.3, -0.25) is 9.59 Å². The number of rotatable bonds is 2. The number of carbonyl (C=O) groups excluding carboxylic acids is 2. The second-order valence-corrected chi connectivity index (χ2v) is 5.20. The summed E-state index contributed by atoms with van der Waals surface area (Å²) < 4.78 is 0.933. The van der Waals surface area contributed by atoms with Crippen LogP contribution in [-0.2, 0) is 9.59 Å². The van der Waals surface area contributed by atoms with Crippen molar-refractivity contribution in [1.29, 1.82) is 0 Å². The highest BCUT2D eigenvalue weighted by molar-refractivity contribution is 7.18. The van der Waals surface area contributed by atoms with Gasteiger partial charge in [0.05, 0.1) is 15.4 Å². The number of hydrogen-bond acceptors (Lipinski definition) is 4. The van der Waals surface area contributed by atoms with Crippen molar-refractivity contribution in [2.24, 2.45) is 0 Å². The van der Waals surface area contributed by atoms with Crippen molar-refractivity contribution >= 4 is 44.7 Å². The summed E-state index contributed by atoms with van der Waals surface area (Å²) in [4.78, 5) is 26.6. The van der Waals surface area contributed by atoms with Gasteiger partial charge in [-0.15, -0.1) is 11.3 Å². The Bertz CT molecular complexity index is 634. The summed E-state index contributed by atoms with van der Waals surface area (Å²) in [5.74, 6) is -0.314. The molecule has 0 aliphatic rings. The van der Waals surface area contributed by atoms with Gasteiger partial charge in [0.25, 0.3) is 0 Å². The quantitative estimate of drug-likeness (QED) is 0.874. The fourth-order valence-corrected chi connectivity index (χ4v) is 2.59. The summed E-state index contributed by atoms with van der Waals surface area (Å²) in [5.41, 5.74) is 2.03. The summed E-state index contributed by atoms with van der Waals surface area (Å²) in [5, 5.41) is 6.35. The van der Waals surface area contributed by atoms with Crippen LogP contribution in [-0.4, -0.2) is 16.8 Å². The molecule has 1 aromatic carbocycles. The van der Waals surface area contributed by atoms with E-state index in [0.29, 0.717) is 11.4 Å². The van der Waals surface area contributed by atoms with Crippen LogP contribution in [0.1, 0.15) is 18.9 Å². The first kappa shape index (κ1) is 12.5. The normalized spacial score (nSPS) is 10.4. The number of anilines is 2. The zero-order valence-electron chi connectivity index (χ0n) is 10.3. The predicted octanol–water partition coefficient (Wildman–Crippen LogP) is 2.52. The molecule has 1 aromatic heterocycles. The number of aryl methyl sites for hydroxylation is 1. The summed E-state index contributed by atoms with van der Waals surface area (Å²) in [6, 6.07) is 3.57. The van der Waals surface area contributed by atoms with Crippen LogP contribution in [0.5, 0.6) is 0 Å². The molecule has 0 fully saturated rings. The highest BCUT2D eigenvalue weighted by atomic mass is 32.1. The Morgan fingerprint density at radius 2 is 1.83 bits per heavy atom. The van der Waals surface area contributed by atoms with Crippen molar-refractivity contribution in [1.82, 2.24) is 4.98 Å². The topological polar surface area (TPSA) is 71.1 Å². The molecular formula is C12H13N3O2S. The van der Waals surface area contributed by atoms with Crippen LogP contribution in [0.15, 0.2) is 12.1 Å². The smallest absolute Gasteiger partial charge is 0.221 e. The number of amides is 2. The van der Waals surface area contributed by atoms with Gasteiger partial charge >= 0.3 is 0 Å². The molecular weight excluding hydrogens is 250 g/mol. The molecule has 0 saturated heterocycles. The standard InChI is InChI=1S/C12H13N3O2S/c1-6(16)13-9-4-10(14-7(2)17)12-11(5-9)18-8(3)15-12/h4-5H,1-3H3,(H,13,16)(H,14,17). The number of thiazole rings is 1. The Balaban J connectivity index is 2.55. The average molecular weight is 263 g/mol. The molecule has 2 N–H and O–H groups in total. The maximum Gasteiger partial charge on any atom is 0.221 e. The number of benzene rings is 1. The van der Waals surface area contributed by atoms with E-state index < -0.39 is 0 Å². The highest BCUT2D eigenvalue weighted by Gasteiger charge is 2.10. The molecule has 0 aliphatic heterocycles. The molecule has 0 aliphatic carbocycles. The fourth-order valence-electron chi connectivity index (χ4n) is 1.70. The van der Waals surface area contributed by atoms with Crippen LogP contribution in [0.4, 0.5) is 11.4 Å². The molecule has 0 atom stereocenters. The van der Waals surface area contributed by atoms with Gasteiger partial charge in [-0.25, -0.2) is 4.98 Å². The maximum absolute atomic E-state index is 11.2. The molecule has 6 heteroatoms. The lowest BCUT2D eigenvalue weighted by Crippen LogP contribution is -2.09. The van der Waals surface area contributed by atoms with Crippen molar-refractivity contribution in [3.05, 3.63) is 17.1 Å². The Hall–Kier alpha value is -1.95. The summed E-state index contributed by atoms with van der Waals surface area (Å²) in [6.07, 6.45) is 0. The minimum atomic E-state index is -0.165. The second kappa shape index (κ2) is 4.73. The van der Waals surface area contributed by atoms with E-state index in [9.17, 15) is 9.59 Å². The number of carbonyl (C=O) groups is 2. The van der Waals surface area contributed by atoms with E-state index in [4.69, 9.17) is 0 Å². The van der Waals surface area contributed by atoms with Gasteiger partial charge < -0.3 is 10.6 Å². The Morgan fingerprint density at radius 3 is 2.44 bits per heavy atom. The largest absolute Gasteiger partial charge is 0.326 e. The van der Waals surface area contributed by atoms with Crippen molar-refractivity contribution in [3.8, 4) is 0 Å². The van der Waals surface area contributed by atoms with E-state index in [0.717, 1.165) is 15.2 Å². The zero-order chi connectivity index (χ0) is 13.3. The first-order valence-electron chi connectivity index (χ1n) is 5.42. The van der Waals surface area contributed by atoms with Gasteiger partial charge in [0.2, 0.25) is 11.8 Å². The number of aromatic nitrogens is 1. The Morgan fingerprint density at radius 1 is 1.17 bits per heavy atom. The van der Waals surface area contributed by atoms with E-state index in [2.05, 4.69) is 15.6 Å². The lowest BCUT2D eigenvalue weighted by Gasteiger charge is -2.07. The molecule has 2 aromatic rings. The first-order chi connectivity index (χ1) is 8.45. The molecule has 0 radical (unpaired) electrons. The Kier molecular flexibility index (Phi) is 3.29. The second-order valence-electron chi connectivity index (χ2n) is 3.97. The van der Waals surface area contributed by atoms with Gasteiger partial charge in [-0.05, 0) is 19.1 Å². The molecule has 1 heterocycles. The molecule has 0 unspecified atom stereocenters. The average Bonchev–Trinajstić information content (AvgIpc) is 2.56. The first-order valence-corrected chi connectivity index (χ1v) is 6.23. The molecule has 18 heavy (non-hydrogen) atoms. The lowest BCUT2D eigenvalue weighted by atomic mass is 10.2. The van der Waals surface area contributed by atoms with Crippen LogP contribution in [0, 0.1) is 6.92 Å². The van der Waals surface area contributed by atoms with Crippen molar-refractivity contribution in [2.45, 2.75) is 20.8 Å². The summed E-state index contributed by atoms with van der Waals surface area (Å²) >= 11 is 1.52. The van der Waals surface area contributed by atoms with Gasteiger partial charge in [-0.1, -0.05) is 0 Å². The highest BCUT2D eigenvalue weighted by Crippen LogP contribution is 2.31. The third-order valence-corrected chi connectivity index (χ3v) is 3.15. The van der Waals surface area contributed by atoms with E-state index >= 15 is 0 Å². The van der Waals surface area contributed by atoms with Gasteiger partial charge in [-0.2, -0.15) is 0 Å². The van der Waals surface area contributed by atoms with Crippen molar-refractivity contribution in [3.63, 3.8) is 0 Å². The Labute approximate surface area is 108 Å². The SMILES string of the molecule is CC(=O)Nc1cc(NC(C)=O)c2nc(C)sc2c1. The summed E-state index contributed by atoms with van der Waals surface area (Å²) in [7, 11) is 0. The molecule has 2 amide bonds. The number of nitrogens with one attached hydrogen (secondary N) is 2. The molecule has 0 saturated carbocycles. The molecule has 5 nitrogen and oxygen atoms in total. The van der Waals surface area contributed by atoms with Gasteiger partial charge in [0.1, 0.15) is 5.52 Å². The van der Waals surface area contributed by atoms with Crippen LogP contribution in [0.3, 0.4) is 0 Å². The maximum atomic E-state index is 11.2. The number of fused-ring (bicyclic) bond motifs is 1. The summed E-state index contributed by atoms with van der Waals surface area (Å²) in [6.45, 7) is 4.79. The fraction of sp³-hybridized carbons (Fsp3) is 0.250. The van der Waals surface area contributed by atoms with E-state index in [1.54, 1.807) is 6.07 Å². The van der Waals surface area contributed by atoms with Crippen LogP contribution < -0.4 is 10.6 Å². The van der Waals surface area contributed by atoms with Crippen LogP contribution in [0.25, 0.3) is 10.2 Å². The lowest BCUT2D eigenvalue weighted by molar-refractivity contribution is -0.115. The third-order valence-electron chi connectivity index (χ3n) is 2.23. The minimum Gasteiger partial charge on any atom is -0.326 e. The molecule has 94 valence electrons. The molecule has 0 bridgehead atoms. The number of hydrogen-bond donors (Lipinski definition) is 2. The van der Waals surface area contributed by atoms with E-state index in [1.807, 2.05) is 13.0 Å². The number of nitrogens with zero attached hydrogens (tertiary/aromatic N) is 1. The van der Waals surface area contributed by atoms with Crippen LogP contribution in [0.2, 0.25) is 0 Å².